The molecule has 1 aliphatic rings. The first-order valence-corrected chi connectivity index (χ1v) is 5.46. The molecule has 1 aromatic rings. The maximum atomic E-state index is 5.94. The van der Waals surface area contributed by atoms with Gasteiger partial charge in [0.2, 0.25) is 0 Å². The van der Waals surface area contributed by atoms with Crippen molar-refractivity contribution >= 4 is 0 Å². The van der Waals surface area contributed by atoms with Crippen LogP contribution in [0.1, 0.15) is 50.2 Å². The molecule has 3 N–H and O–H groups in total. The predicted octanol–water partition coefficient (Wildman–Crippen LogP) is 1.35. The van der Waals surface area contributed by atoms with Gasteiger partial charge in [0.05, 0.1) is 0 Å². The van der Waals surface area contributed by atoms with E-state index in [0.717, 1.165) is 30.9 Å². The average molecular weight is 194 g/mol. The van der Waals surface area contributed by atoms with Crippen molar-refractivity contribution in [2.45, 2.75) is 51.0 Å². The van der Waals surface area contributed by atoms with Crippen molar-refractivity contribution in [1.29, 1.82) is 0 Å². The lowest BCUT2D eigenvalue weighted by molar-refractivity contribution is 0.382. The minimum atomic E-state index is 0.345. The number of aromatic amines is 1. The fourth-order valence-electron chi connectivity index (χ4n) is 2.11. The van der Waals surface area contributed by atoms with Crippen molar-refractivity contribution < 1.29 is 0 Å². The van der Waals surface area contributed by atoms with Gasteiger partial charge in [0, 0.05) is 18.4 Å². The van der Waals surface area contributed by atoms with Gasteiger partial charge >= 0.3 is 0 Å². The molecule has 0 bridgehead atoms. The summed E-state index contributed by atoms with van der Waals surface area (Å²) in [5.41, 5.74) is 5.94. The molecule has 1 heterocycles. The molecule has 2 rings (SSSR count). The molecular weight excluding hydrogens is 176 g/mol. The number of aromatic nitrogens is 3. The molecular formula is C10H18N4. The highest BCUT2D eigenvalue weighted by atomic mass is 15.2. The predicted molar refractivity (Wildman–Crippen MR) is 54.9 cm³/mol. The Balaban J connectivity index is 2.06. The minimum Gasteiger partial charge on any atom is -0.328 e. The molecule has 0 aromatic carbocycles. The van der Waals surface area contributed by atoms with E-state index in [1.807, 2.05) is 0 Å². The number of hydrogen-bond donors (Lipinski definition) is 2. The molecule has 0 spiro atoms. The van der Waals surface area contributed by atoms with Gasteiger partial charge in [-0.3, -0.25) is 5.10 Å². The van der Waals surface area contributed by atoms with Gasteiger partial charge in [0.25, 0.3) is 0 Å². The van der Waals surface area contributed by atoms with E-state index in [0.29, 0.717) is 12.0 Å². The number of aryl methyl sites for hydroxylation is 1. The third kappa shape index (κ3) is 1.95. The highest BCUT2D eigenvalue weighted by Crippen LogP contribution is 2.29. The monoisotopic (exact) mass is 194 g/mol. The van der Waals surface area contributed by atoms with Crippen molar-refractivity contribution in [2.75, 3.05) is 0 Å². The molecule has 0 amide bonds. The number of H-pyrrole nitrogens is 1. The lowest BCUT2D eigenvalue weighted by atomic mass is 9.86. The maximum absolute atomic E-state index is 5.94. The molecule has 2 unspecified atom stereocenters. The van der Waals surface area contributed by atoms with Crippen molar-refractivity contribution in [3.8, 4) is 0 Å². The van der Waals surface area contributed by atoms with Crippen LogP contribution in [0.5, 0.6) is 0 Å². The van der Waals surface area contributed by atoms with E-state index in [2.05, 4.69) is 22.1 Å². The number of hydrogen-bond acceptors (Lipinski definition) is 3. The largest absolute Gasteiger partial charge is 0.328 e. The fraction of sp³-hybridized carbons (Fsp3) is 0.800. The van der Waals surface area contributed by atoms with Crippen LogP contribution in [0.25, 0.3) is 0 Å². The summed E-state index contributed by atoms with van der Waals surface area (Å²) in [5, 5.41) is 7.22. The Kier molecular flexibility index (Phi) is 2.82. The third-order valence-corrected chi connectivity index (χ3v) is 2.96. The number of nitrogens with one attached hydrogen (secondary N) is 1. The summed E-state index contributed by atoms with van der Waals surface area (Å²) in [6, 6.07) is 0.345. The van der Waals surface area contributed by atoms with Crippen LogP contribution < -0.4 is 5.73 Å². The summed E-state index contributed by atoms with van der Waals surface area (Å²) in [6.45, 7) is 2.08. The summed E-state index contributed by atoms with van der Waals surface area (Å²) < 4.78 is 0. The molecule has 4 nitrogen and oxygen atoms in total. The molecule has 1 aliphatic carbocycles. The normalized spacial score (nSPS) is 27.9. The number of nitrogens with zero attached hydrogens (tertiary/aromatic N) is 2. The molecule has 1 saturated carbocycles. The first kappa shape index (κ1) is 9.65. The van der Waals surface area contributed by atoms with Gasteiger partial charge in [-0.1, -0.05) is 13.3 Å². The third-order valence-electron chi connectivity index (χ3n) is 2.96. The summed E-state index contributed by atoms with van der Waals surface area (Å²) >= 11 is 0. The standard InChI is InChI=1S/C10H18N4/c1-2-9-12-10(14-13-9)7-4-3-5-8(11)6-7/h7-8H,2-6,11H2,1H3,(H,12,13,14). The topological polar surface area (TPSA) is 67.6 Å². The van der Waals surface area contributed by atoms with Gasteiger partial charge in [-0.05, 0) is 19.3 Å². The first-order valence-electron chi connectivity index (χ1n) is 5.46. The lowest BCUT2D eigenvalue weighted by Gasteiger charge is -2.24. The maximum Gasteiger partial charge on any atom is 0.153 e. The van der Waals surface area contributed by atoms with E-state index in [9.17, 15) is 0 Å². The van der Waals surface area contributed by atoms with Crippen molar-refractivity contribution in [2.24, 2.45) is 5.73 Å². The van der Waals surface area contributed by atoms with Crippen LogP contribution in [0.15, 0.2) is 0 Å². The first-order chi connectivity index (χ1) is 6.79. The lowest BCUT2D eigenvalue weighted by Crippen LogP contribution is -2.27. The average Bonchev–Trinajstić information content (AvgIpc) is 2.66. The number of nitrogens with two attached hydrogens (primary N) is 1. The Bertz CT molecular complexity index is 294. The molecule has 78 valence electrons. The van der Waals surface area contributed by atoms with Crippen LogP contribution >= 0.6 is 0 Å². The minimum absolute atomic E-state index is 0.345. The summed E-state index contributed by atoms with van der Waals surface area (Å²) in [4.78, 5) is 4.46. The van der Waals surface area contributed by atoms with Crippen LogP contribution in [0, 0.1) is 0 Å². The molecule has 2 atom stereocenters. The van der Waals surface area contributed by atoms with Crippen molar-refractivity contribution in [3.05, 3.63) is 11.6 Å². The van der Waals surface area contributed by atoms with Crippen LogP contribution in [0.2, 0.25) is 0 Å². The van der Waals surface area contributed by atoms with E-state index in [-0.39, 0.29) is 0 Å². The molecule has 0 radical (unpaired) electrons. The van der Waals surface area contributed by atoms with Gasteiger partial charge in [0.15, 0.2) is 5.82 Å². The highest BCUT2D eigenvalue weighted by Gasteiger charge is 2.23. The Morgan fingerprint density at radius 3 is 3.00 bits per heavy atom. The molecule has 1 aromatic heterocycles. The van der Waals surface area contributed by atoms with E-state index in [1.165, 1.54) is 12.8 Å². The van der Waals surface area contributed by atoms with Crippen LogP contribution in [-0.2, 0) is 6.42 Å². The molecule has 14 heavy (non-hydrogen) atoms. The summed E-state index contributed by atoms with van der Waals surface area (Å²) in [6.07, 6.45) is 5.52. The van der Waals surface area contributed by atoms with E-state index in [1.54, 1.807) is 0 Å². The second-order valence-electron chi connectivity index (χ2n) is 4.12. The van der Waals surface area contributed by atoms with Gasteiger partial charge in [0.1, 0.15) is 5.82 Å². The Morgan fingerprint density at radius 2 is 2.36 bits per heavy atom. The zero-order valence-electron chi connectivity index (χ0n) is 8.66. The molecule has 1 fully saturated rings. The Hall–Kier alpha value is -0.900. The quantitative estimate of drug-likeness (QED) is 0.746. The second-order valence-corrected chi connectivity index (χ2v) is 4.12. The SMILES string of the molecule is CCc1nc(C2CCCC(N)C2)n[nH]1. The molecule has 0 saturated heterocycles. The van der Waals surface area contributed by atoms with Crippen LogP contribution in [0.4, 0.5) is 0 Å². The summed E-state index contributed by atoms with van der Waals surface area (Å²) in [7, 11) is 0. The second kappa shape index (κ2) is 4.09. The van der Waals surface area contributed by atoms with E-state index < -0.39 is 0 Å². The zero-order valence-corrected chi connectivity index (χ0v) is 8.66. The smallest absolute Gasteiger partial charge is 0.153 e. The van der Waals surface area contributed by atoms with Gasteiger partial charge in [-0.2, -0.15) is 5.10 Å². The van der Waals surface area contributed by atoms with Crippen LogP contribution in [0.3, 0.4) is 0 Å². The highest BCUT2D eigenvalue weighted by molar-refractivity contribution is 5.00. The van der Waals surface area contributed by atoms with Gasteiger partial charge in [-0.25, -0.2) is 4.98 Å². The van der Waals surface area contributed by atoms with Crippen LogP contribution in [-0.4, -0.2) is 21.2 Å². The zero-order chi connectivity index (χ0) is 9.97. The Labute approximate surface area is 84.3 Å². The number of rotatable bonds is 2. The Morgan fingerprint density at radius 1 is 1.50 bits per heavy atom. The molecule has 4 heteroatoms. The van der Waals surface area contributed by atoms with Gasteiger partial charge < -0.3 is 5.73 Å². The fourth-order valence-corrected chi connectivity index (χ4v) is 2.11. The van der Waals surface area contributed by atoms with E-state index >= 15 is 0 Å². The summed E-state index contributed by atoms with van der Waals surface area (Å²) in [5.74, 6) is 2.44. The van der Waals surface area contributed by atoms with Crippen molar-refractivity contribution in [1.82, 2.24) is 15.2 Å². The van der Waals surface area contributed by atoms with E-state index in [4.69, 9.17) is 5.73 Å². The van der Waals surface area contributed by atoms with Crippen molar-refractivity contribution in [3.63, 3.8) is 0 Å². The van der Waals surface area contributed by atoms with Gasteiger partial charge in [-0.15, -0.1) is 0 Å². The molecule has 0 aliphatic heterocycles.